The zero-order valence-corrected chi connectivity index (χ0v) is 16.6. The standard InChI is InChI=1S/C18H22FN5OS2/c19-14-3-5-15(6-4-14)22-9-11-24(12-10-22)17-20-21-18(27-17)26-13-16(25)23-7-1-2-8-23/h3-6H,1-2,7-13H2. The molecule has 1 aromatic heterocycles. The third-order valence-electron chi connectivity index (χ3n) is 4.92. The van der Waals surface area contributed by atoms with Gasteiger partial charge in [-0.05, 0) is 37.1 Å². The van der Waals surface area contributed by atoms with Crippen molar-refractivity contribution in [1.82, 2.24) is 15.1 Å². The SMILES string of the molecule is O=C(CSc1nnc(N2CCN(c3ccc(F)cc3)CC2)s1)N1CCCC1. The van der Waals surface area contributed by atoms with Crippen molar-refractivity contribution in [3.63, 3.8) is 0 Å². The number of benzene rings is 1. The molecule has 144 valence electrons. The lowest BCUT2D eigenvalue weighted by molar-refractivity contribution is -0.127. The second kappa shape index (κ2) is 8.43. The summed E-state index contributed by atoms with van der Waals surface area (Å²) in [5, 5.41) is 9.45. The fourth-order valence-corrected chi connectivity index (χ4v) is 5.17. The molecular formula is C18H22FN5OS2. The zero-order valence-electron chi connectivity index (χ0n) is 15.0. The molecule has 1 aromatic carbocycles. The first-order valence-corrected chi connectivity index (χ1v) is 11.0. The summed E-state index contributed by atoms with van der Waals surface area (Å²) in [6.45, 7) is 5.20. The molecule has 0 aliphatic carbocycles. The Bertz CT molecular complexity index is 770. The van der Waals surface area contributed by atoms with Crippen molar-refractivity contribution in [3.8, 4) is 0 Å². The Labute approximate surface area is 166 Å². The van der Waals surface area contributed by atoms with Crippen molar-refractivity contribution in [3.05, 3.63) is 30.1 Å². The average molecular weight is 408 g/mol. The topological polar surface area (TPSA) is 52.6 Å². The lowest BCUT2D eigenvalue weighted by Gasteiger charge is -2.35. The predicted molar refractivity (Wildman–Crippen MR) is 107 cm³/mol. The van der Waals surface area contributed by atoms with Crippen molar-refractivity contribution in [2.45, 2.75) is 17.2 Å². The maximum Gasteiger partial charge on any atom is 0.233 e. The van der Waals surface area contributed by atoms with Gasteiger partial charge < -0.3 is 14.7 Å². The van der Waals surface area contributed by atoms with Gasteiger partial charge in [-0.15, -0.1) is 10.2 Å². The highest BCUT2D eigenvalue weighted by Crippen LogP contribution is 2.29. The van der Waals surface area contributed by atoms with Gasteiger partial charge in [0.05, 0.1) is 5.75 Å². The van der Waals surface area contributed by atoms with Crippen molar-refractivity contribution in [2.24, 2.45) is 0 Å². The zero-order chi connectivity index (χ0) is 18.6. The van der Waals surface area contributed by atoms with E-state index in [-0.39, 0.29) is 11.7 Å². The molecule has 0 bridgehead atoms. The highest BCUT2D eigenvalue weighted by atomic mass is 32.2. The second-order valence-electron chi connectivity index (χ2n) is 6.68. The molecule has 2 fully saturated rings. The number of amides is 1. The fourth-order valence-electron chi connectivity index (χ4n) is 3.38. The smallest absolute Gasteiger partial charge is 0.233 e. The Hall–Kier alpha value is -1.87. The van der Waals surface area contributed by atoms with E-state index in [0.717, 1.165) is 67.3 Å². The van der Waals surface area contributed by atoms with Gasteiger partial charge in [-0.2, -0.15) is 0 Å². The van der Waals surface area contributed by atoms with E-state index >= 15 is 0 Å². The number of piperazine rings is 1. The molecule has 6 nitrogen and oxygen atoms in total. The van der Waals surface area contributed by atoms with Gasteiger partial charge in [0.1, 0.15) is 5.82 Å². The maximum absolute atomic E-state index is 13.1. The first kappa shape index (κ1) is 18.5. The number of rotatable bonds is 5. The summed E-state index contributed by atoms with van der Waals surface area (Å²) >= 11 is 3.03. The Morgan fingerprint density at radius 3 is 2.37 bits per heavy atom. The molecule has 2 aliphatic heterocycles. The van der Waals surface area contributed by atoms with Crippen LogP contribution in [0, 0.1) is 5.82 Å². The van der Waals surface area contributed by atoms with Gasteiger partial charge in [0, 0.05) is 45.0 Å². The number of likely N-dealkylation sites (tertiary alicyclic amines) is 1. The van der Waals surface area contributed by atoms with Crippen LogP contribution in [0.2, 0.25) is 0 Å². The van der Waals surface area contributed by atoms with Gasteiger partial charge in [-0.25, -0.2) is 4.39 Å². The number of carbonyl (C=O) groups is 1. The number of thioether (sulfide) groups is 1. The van der Waals surface area contributed by atoms with Crippen molar-refractivity contribution >= 4 is 39.8 Å². The molecule has 9 heteroatoms. The van der Waals surface area contributed by atoms with Gasteiger partial charge in [0.25, 0.3) is 0 Å². The molecule has 27 heavy (non-hydrogen) atoms. The van der Waals surface area contributed by atoms with Gasteiger partial charge in [0.15, 0.2) is 4.34 Å². The molecule has 0 N–H and O–H groups in total. The van der Waals surface area contributed by atoms with Crippen LogP contribution in [0.15, 0.2) is 28.6 Å². The minimum atomic E-state index is -0.209. The Morgan fingerprint density at radius 2 is 1.67 bits per heavy atom. The molecule has 0 atom stereocenters. The predicted octanol–water partition coefficient (Wildman–Crippen LogP) is 2.72. The summed E-state index contributed by atoms with van der Waals surface area (Å²) in [6, 6.07) is 6.64. The molecule has 2 aromatic rings. The number of nitrogens with zero attached hydrogens (tertiary/aromatic N) is 5. The quantitative estimate of drug-likeness (QED) is 0.711. The normalized spacial score (nSPS) is 17.6. The first-order valence-electron chi connectivity index (χ1n) is 9.18. The third kappa shape index (κ3) is 4.52. The average Bonchev–Trinajstić information content (AvgIpc) is 3.39. The molecule has 2 aliphatic rings. The minimum absolute atomic E-state index is 0.196. The van der Waals surface area contributed by atoms with Crippen molar-refractivity contribution in [2.75, 3.05) is 54.8 Å². The van der Waals surface area contributed by atoms with E-state index in [9.17, 15) is 9.18 Å². The molecular weight excluding hydrogens is 385 g/mol. The Balaban J connectivity index is 1.27. The highest BCUT2D eigenvalue weighted by Gasteiger charge is 2.22. The molecule has 4 rings (SSSR count). The van der Waals surface area contributed by atoms with E-state index in [2.05, 4.69) is 20.0 Å². The minimum Gasteiger partial charge on any atom is -0.368 e. The lowest BCUT2D eigenvalue weighted by atomic mass is 10.2. The van der Waals surface area contributed by atoms with E-state index in [1.165, 1.54) is 23.9 Å². The summed E-state index contributed by atoms with van der Waals surface area (Å²) in [6.07, 6.45) is 2.23. The van der Waals surface area contributed by atoms with Crippen LogP contribution in [0.4, 0.5) is 15.2 Å². The monoisotopic (exact) mass is 407 g/mol. The van der Waals surface area contributed by atoms with Crippen LogP contribution in [0.25, 0.3) is 0 Å². The molecule has 0 radical (unpaired) electrons. The number of halogens is 1. The van der Waals surface area contributed by atoms with Gasteiger partial charge >= 0.3 is 0 Å². The van der Waals surface area contributed by atoms with E-state index in [0.29, 0.717) is 5.75 Å². The third-order valence-corrected chi connectivity index (χ3v) is 7.02. The number of aromatic nitrogens is 2. The maximum atomic E-state index is 13.1. The van der Waals surface area contributed by atoms with Crippen LogP contribution >= 0.6 is 23.1 Å². The second-order valence-corrected chi connectivity index (χ2v) is 8.86. The fraction of sp³-hybridized carbons (Fsp3) is 0.500. The van der Waals surface area contributed by atoms with Crippen LogP contribution < -0.4 is 9.80 Å². The number of anilines is 2. The van der Waals surface area contributed by atoms with E-state index in [1.807, 2.05) is 17.0 Å². The molecule has 0 saturated carbocycles. The lowest BCUT2D eigenvalue weighted by Crippen LogP contribution is -2.46. The summed E-state index contributed by atoms with van der Waals surface area (Å²) in [4.78, 5) is 18.6. The number of carbonyl (C=O) groups excluding carboxylic acids is 1. The molecule has 0 spiro atoms. The molecule has 1 amide bonds. The van der Waals surface area contributed by atoms with Crippen LogP contribution in [-0.4, -0.2) is 66.0 Å². The van der Waals surface area contributed by atoms with Crippen LogP contribution in [0.5, 0.6) is 0 Å². The van der Waals surface area contributed by atoms with Gasteiger partial charge in [0.2, 0.25) is 11.0 Å². The van der Waals surface area contributed by atoms with Crippen molar-refractivity contribution in [1.29, 1.82) is 0 Å². The van der Waals surface area contributed by atoms with Gasteiger partial charge in [-0.1, -0.05) is 23.1 Å². The Kier molecular flexibility index (Phi) is 5.77. The van der Waals surface area contributed by atoms with Crippen LogP contribution in [0.1, 0.15) is 12.8 Å². The largest absolute Gasteiger partial charge is 0.368 e. The molecule has 0 unspecified atom stereocenters. The number of hydrogen-bond acceptors (Lipinski definition) is 7. The number of hydrogen-bond donors (Lipinski definition) is 0. The van der Waals surface area contributed by atoms with Crippen LogP contribution in [0.3, 0.4) is 0 Å². The van der Waals surface area contributed by atoms with E-state index in [4.69, 9.17) is 0 Å². The van der Waals surface area contributed by atoms with E-state index in [1.54, 1.807) is 11.3 Å². The summed E-state index contributed by atoms with van der Waals surface area (Å²) in [5.74, 6) is 0.425. The highest BCUT2D eigenvalue weighted by molar-refractivity contribution is 8.01. The summed E-state index contributed by atoms with van der Waals surface area (Å²) in [7, 11) is 0. The summed E-state index contributed by atoms with van der Waals surface area (Å²) in [5.41, 5.74) is 1.05. The van der Waals surface area contributed by atoms with Gasteiger partial charge in [-0.3, -0.25) is 4.79 Å². The molecule has 3 heterocycles. The summed E-state index contributed by atoms with van der Waals surface area (Å²) < 4.78 is 13.9. The van der Waals surface area contributed by atoms with Crippen LogP contribution in [-0.2, 0) is 4.79 Å². The first-order chi connectivity index (χ1) is 13.2. The molecule has 2 saturated heterocycles. The van der Waals surface area contributed by atoms with Crippen molar-refractivity contribution < 1.29 is 9.18 Å². The Morgan fingerprint density at radius 1 is 1.00 bits per heavy atom. The van der Waals surface area contributed by atoms with E-state index < -0.39 is 0 Å².